The summed E-state index contributed by atoms with van der Waals surface area (Å²) in [6.07, 6.45) is 2.16. The number of thiophene rings is 1. The normalized spacial score (nSPS) is 19.4. The molecule has 34 heavy (non-hydrogen) atoms. The van der Waals surface area contributed by atoms with Crippen molar-refractivity contribution in [1.29, 1.82) is 0 Å². The number of rotatable bonds is 5. The molecule has 1 N–H and O–H groups in total. The summed E-state index contributed by atoms with van der Waals surface area (Å²) in [5.74, 6) is -0.722. The van der Waals surface area contributed by atoms with E-state index in [0.717, 1.165) is 34.5 Å². The van der Waals surface area contributed by atoms with Gasteiger partial charge in [0.15, 0.2) is 0 Å². The Bertz CT molecular complexity index is 1430. The summed E-state index contributed by atoms with van der Waals surface area (Å²) >= 11 is 7.08. The number of nitrogens with one attached hydrogen (secondary N) is 1. The number of fused-ring (bicyclic) bond motifs is 1. The van der Waals surface area contributed by atoms with Crippen LogP contribution in [0.1, 0.15) is 25.1 Å². The van der Waals surface area contributed by atoms with Crippen molar-refractivity contribution >= 4 is 54.8 Å². The maximum absolute atomic E-state index is 13.6. The van der Waals surface area contributed by atoms with Crippen molar-refractivity contribution in [3.63, 3.8) is 0 Å². The summed E-state index contributed by atoms with van der Waals surface area (Å²) in [5, 5.41) is 2.53. The fourth-order valence-corrected chi connectivity index (χ4v) is 7.96. The lowest BCUT2D eigenvalue weighted by Crippen LogP contribution is -2.42. The fourth-order valence-electron chi connectivity index (χ4n) is 4.40. The average Bonchev–Trinajstić information content (AvgIpc) is 3.09. The number of hydrogen-bond acceptors (Lipinski definition) is 6. The Morgan fingerprint density at radius 2 is 1.97 bits per heavy atom. The highest BCUT2D eigenvalue weighted by Gasteiger charge is 2.35. The third kappa shape index (κ3) is 4.74. The van der Waals surface area contributed by atoms with Crippen LogP contribution >= 0.6 is 22.9 Å². The van der Waals surface area contributed by atoms with Crippen LogP contribution in [-0.4, -0.2) is 41.3 Å². The van der Waals surface area contributed by atoms with Gasteiger partial charge in [-0.3, -0.25) is 14.2 Å². The van der Waals surface area contributed by atoms with Crippen molar-refractivity contribution < 1.29 is 17.6 Å². The summed E-state index contributed by atoms with van der Waals surface area (Å²) in [7, 11) is -3.93. The number of carbonyl (C=O) groups is 1. The van der Waals surface area contributed by atoms with Gasteiger partial charge in [-0.15, -0.1) is 11.3 Å². The van der Waals surface area contributed by atoms with E-state index in [1.807, 2.05) is 13.8 Å². The molecule has 182 valence electrons. The third-order valence-electron chi connectivity index (χ3n) is 5.75. The van der Waals surface area contributed by atoms with Crippen LogP contribution in [0.4, 0.5) is 10.1 Å². The molecule has 1 saturated heterocycles. The van der Waals surface area contributed by atoms with E-state index in [1.54, 1.807) is 6.92 Å². The molecular formula is C22H24ClFN4O4S2. The number of hydrogen-bond donors (Lipinski definition) is 1. The van der Waals surface area contributed by atoms with E-state index in [0.29, 0.717) is 22.8 Å². The average molecular weight is 527 g/mol. The molecule has 2 aromatic heterocycles. The number of aryl methyl sites for hydroxylation is 1. The SMILES string of the molecule is Cc1sc2ncn(CC(=O)Nc3ccc(F)cc3Cl)c(=O)c2c1S(=O)(=O)N1CC(C)CC(C)C1. The molecule has 0 radical (unpaired) electrons. The molecule has 4 rings (SSSR count). The standard InChI is InChI=1S/C22H24ClFN4O4S2/c1-12-6-13(2)9-28(8-12)34(31,32)20-14(3)33-21-19(20)22(30)27(11-25-21)10-18(29)26-17-5-4-15(24)7-16(17)23/h4-5,7,11-13H,6,8-10H2,1-3H3,(H,26,29). The molecule has 8 nitrogen and oxygen atoms in total. The number of halogens is 2. The predicted octanol–water partition coefficient (Wildman–Crippen LogP) is 3.86. The van der Waals surface area contributed by atoms with Crippen LogP contribution in [0.2, 0.25) is 5.02 Å². The van der Waals surface area contributed by atoms with Gasteiger partial charge in [0, 0.05) is 18.0 Å². The Morgan fingerprint density at radius 1 is 1.29 bits per heavy atom. The molecule has 0 saturated carbocycles. The molecule has 1 aliphatic rings. The van der Waals surface area contributed by atoms with Gasteiger partial charge in [-0.05, 0) is 43.4 Å². The molecule has 1 amide bonds. The number of carbonyl (C=O) groups excluding carboxylic acids is 1. The van der Waals surface area contributed by atoms with E-state index in [1.165, 1.54) is 16.7 Å². The second-order valence-corrected chi connectivity index (χ2v) is 12.3. The van der Waals surface area contributed by atoms with Crippen molar-refractivity contribution in [2.45, 2.75) is 38.6 Å². The molecule has 0 bridgehead atoms. The van der Waals surface area contributed by atoms with E-state index in [-0.39, 0.29) is 32.8 Å². The van der Waals surface area contributed by atoms with E-state index >= 15 is 0 Å². The van der Waals surface area contributed by atoms with Crippen LogP contribution in [0.3, 0.4) is 0 Å². The van der Waals surface area contributed by atoms with Gasteiger partial charge in [0.1, 0.15) is 22.1 Å². The van der Waals surface area contributed by atoms with Crippen LogP contribution in [-0.2, 0) is 21.4 Å². The van der Waals surface area contributed by atoms with E-state index in [4.69, 9.17) is 11.6 Å². The van der Waals surface area contributed by atoms with Crippen LogP contribution < -0.4 is 10.9 Å². The zero-order chi connectivity index (χ0) is 24.8. The number of aromatic nitrogens is 2. The van der Waals surface area contributed by atoms with Crippen LogP contribution in [0.5, 0.6) is 0 Å². The lowest BCUT2D eigenvalue weighted by molar-refractivity contribution is -0.116. The summed E-state index contributed by atoms with van der Waals surface area (Å²) in [6.45, 7) is 6.04. The van der Waals surface area contributed by atoms with Crippen molar-refractivity contribution in [2.75, 3.05) is 18.4 Å². The molecule has 0 spiro atoms. The van der Waals surface area contributed by atoms with Gasteiger partial charge >= 0.3 is 0 Å². The zero-order valence-corrected chi connectivity index (χ0v) is 21.2. The summed E-state index contributed by atoms with van der Waals surface area (Å²) < 4.78 is 42.9. The smallest absolute Gasteiger partial charge is 0.263 e. The second-order valence-electron chi connectivity index (χ2n) is 8.79. The summed E-state index contributed by atoms with van der Waals surface area (Å²) in [5.41, 5.74) is -0.426. The number of amides is 1. The highest BCUT2D eigenvalue weighted by Crippen LogP contribution is 2.35. The Labute approximate surface area is 205 Å². The number of piperidine rings is 1. The highest BCUT2D eigenvalue weighted by molar-refractivity contribution is 7.89. The van der Waals surface area contributed by atoms with Crippen LogP contribution in [0, 0.1) is 24.6 Å². The van der Waals surface area contributed by atoms with Crippen molar-refractivity contribution in [3.8, 4) is 0 Å². The van der Waals surface area contributed by atoms with Crippen LogP contribution in [0.25, 0.3) is 10.2 Å². The number of anilines is 1. The van der Waals surface area contributed by atoms with Gasteiger partial charge in [0.05, 0.1) is 22.4 Å². The van der Waals surface area contributed by atoms with Crippen LogP contribution in [0.15, 0.2) is 34.2 Å². The lowest BCUT2D eigenvalue weighted by atomic mass is 9.94. The van der Waals surface area contributed by atoms with Gasteiger partial charge < -0.3 is 5.32 Å². The molecule has 12 heteroatoms. The Morgan fingerprint density at radius 3 is 2.62 bits per heavy atom. The van der Waals surface area contributed by atoms with Gasteiger partial charge in [-0.25, -0.2) is 17.8 Å². The predicted molar refractivity (Wildman–Crippen MR) is 130 cm³/mol. The molecule has 1 aliphatic heterocycles. The van der Waals surface area contributed by atoms with Crippen molar-refractivity contribution in [3.05, 3.63) is 50.6 Å². The van der Waals surface area contributed by atoms with E-state index < -0.39 is 33.9 Å². The van der Waals surface area contributed by atoms with Gasteiger partial charge in [-0.2, -0.15) is 4.31 Å². The minimum atomic E-state index is -3.93. The Kier molecular flexibility index (Phi) is 6.83. The first-order valence-corrected chi connectivity index (χ1v) is 13.3. The largest absolute Gasteiger partial charge is 0.323 e. The Hall–Kier alpha value is -2.34. The van der Waals surface area contributed by atoms with Gasteiger partial charge in [-0.1, -0.05) is 25.4 Å². The van der Waals surface area contributed by atoms with Crippen molar-refractivity contribution in [1.82, 2.24) is 13.9 Å². The maximum atomic E-state index is 13.6. The first-order valence-electron chi connectivity index (χ1n) is 10.7. The number of sulfonamides is 1. The first kappa shape index (κ1) is 24.8. The second kappa shape index (κ2) is 9.37. The highest BCUT2D eigenvalue weighted by atomic mass is 35.5. The summed E-state index contributed by atoms with van der Waals surface area (Å²) in [6, 6.07) is 3.52. The molecule has 2 atom stereocenters. The fraction of sp³-hybridized carbons (Fsp3) is 0.409. The van der Waals surface area contributed by atoms with Gasteiger partial charge in [0.2, 0.25) is 15.9 Å². The Balaban J connectivity index is 1.69. The van der Waals surface area contributed by atoms with E-state index in [2.05, 4.69) is 10.3 Å². The lowest BCUT2D eigenvalue weighted by Gasteiger charge is -2.34. The minimum absolute atomic E-state index is 0.0107. The zero-order valence-electron chi connectivity index (χ0n) is 18.8. The van der Waals surface area contributed by atoms with E-state index in [9.17, 15) is 22.4 Å². The monoisotopic (exact) mass is 526 g/mol. The molecular weight excluding hydrogens is 503 g/mol. The quantitative estimate of drug-likeness (QED) is 0.544. The van der Waals surface area contributed by atoms with Crippen molar-refractivity contribution in [2.24, 2.45) is 11.8 Å². The molecule has 2 unspecified atom stereocenters. The molecule has 3 heterocycles. The van der Waals surface area contributed by atoms with Gasteiger partial charge in [0.25, 0.3) is 5.56 Å². The third-order valence-corrected chi connectivity index (χ3v) is 9.21. The molecule has 3 aromatic rings. The number of nitrogens with zero attached hydrogens (tertiary/aromatic N) is 3. The molecule has 1 fully saturated rings. The first-order chi connectivity index (χ1) is 16.0. The topological polar surface area (TPSA) is 101 Å². The molecule has 0 aliphatic carbocycles. The summed E-state index contributed by atoms with van der Waals surface area (Å²) in [4.78, 5) is 30.8. The maximum Gasteiger partial charge on any atom is 0.263 e. The number of benzene rings is 1. The molecule has 1 aromatic carbocycles. The minimum Gasteiger partial charge on any atom is -0.323 e.